The number of esters is 1. The molecule has 1 atom stereocenters. The van der Waals surface area contributed by atoms with Crippen molar-refractivity contribution in [3.8, 4) is 0 Å². The third kappa shape index (κ3) is 3.80. The maximum Gasteiger partial charge on any atom is 0.315 e. The first kappa shape index (κ1) is 12.5. The molecule has 4 nitrogen and oxygen atoms in total. The van der Waals surface area contributed by atoms with E-state index < -0.39 is 5.41 Å². The molecular weight excluding hydrogens is 194 g/mol. The van der Waals surface area contributed by atoms with Gasteiger partial charge in [-0.2, -0.15) is 0 Å². The summed E-state index contributed by atoms with van der Waals surface area (Å²) < 4.78 is 10.5. The first-order valence-corrected chi connectivity index (χ1v) is 5.57. The highest BCUT2D eigenvalue weighted by atomic mass is 16.5. The van der Waals surface area contributed by atoms with E-state index >= 15 is 0 Å². The molecule has 0 amide bonds. The van der Waals surface area contributed by atoms with Crippen molar-refractivity contribution >= 4 is 5.97 Å². The molecule has 1 rings (SSSR count). The molecule has 0 saturated heterocycles. The van der Waals surface area contributed by atoms with Gasteiger partial charge in [0.15, 0.2) is 0 Å². The van der Waals surface area contributed by atoms with Crippen LogP contribution in [0.4, 0.5) is 0 Å². The summed E-state index contributed by atoms with van der Waals surface area (Å²) >= 11 is 0. The summed E-state index contributed by atoms with van der Waals surface area (Å²) in [5.41, 5.74) is 4.90. The summed E-state index contributed by atoms with van der Waals surface area (Å²) in [7, 11) is 0. The fourth-order valence-electron chi connectivity index (χ4n) is 1.24. The van der Waals surface area contributed by atoms with Crippen LogP contribution >= 0.6 is 0 Å². The average Bonchev–Trinajstić information content (AvgIpc) is 3.02. The van der Waals surface area contributed by atoms with Crippen LogP contribution in [0.5, 0.6) is 0 Å². The van der Waals surface area contributed by atoms with Crippen LogP contribution in [0.2, 0.25) is 0 Å². The van der Waals surface area contributed by atoms with Crippen LogP contribution < -0.4 is 5.73 Å². The largest absolute Gasteiger partial charge is 0.465 e. The van der Waals surface area contributed by atoms with Gasteiger partial charge < -0.3 is 15.2 Å². The molecule has 0 radical (unpaired) electrons. The zero-order valence-electron chi connectivity index (χ0n) is 9.62. The summed E-state index contributed by atoms with van der Waals surface area (Å²) in [4.78, 5) is 11.6. The van der Waals surface area contributed by atoms with E-state index in [0.717, 1.165) is 6.61 Å². The fraction of sp³-hybridized carbons (Fsp3) is 0.909. The topological polar surface area (TPSA) is 61.5 Å². The lowest BCUT2D eigenvalue weighted by Gasteiger charge is -2.25. The molecular formula is C11H21NO3. The van der Waals surface area contributed by atoms with Crippen molar-refractivity contribution in [3.05, 3.63) is 0 Å². The van der Waals surface area contributed by atoms with E-state index in [1.807, 2.05) is 0 Å². The quantitative estimate of drug-likeness (QED) is 0.642. The first-order chi connectivity index (χ1) is 7.12. The number of carbonyl (C=O) groups excluding carboxylic acids is 1. The number of carbonyl (C=O) groups is 1. The molecule has 0 aliphatic heterocycles. The highest BCUT2D eigenvalue weighted by molar-refractivity contribution is 5.76. The van der Waals surface area contributed by atoms with Gasteiger partial charge >= 0.3 is 5.97 Å². The Morgan fingerprint density at radius 3 is 2.67 bits per heavy atom. The van der Waals surface area contributed by atoms with Gasteiger partial charge in [0.25, 0.3) is 0 Å². The zero-order valence-corrected chi connectivity index (χ0v) is 9.62. The summed E-state index contributed by atoms with van der Waals surface area (Å²) in [5.74, 6) is 0.442. The van der Waals surface area contributed by atoms with Gasteiger partial charge in [0.1, 0.15) is 5.41 Å². The minimum absolute atomic E-state index is 0.260. The highest BCUT2D eigenvalue weighted by Crippen LogP contribution is 2.29. The molecule has 0 aromatic carbocycles. The number of nitrogens with two attached hydrogens (primary N) is 1. The van der Waals surface area contributed by atoms with E-state index in [0.29, 0.717) is 19.1 Å². The predicted octanol–water partition coefficient (Wildman–Crippen LogP) is 0.941. The Kier molecular flexibility index (Phi) is 4.54. The second-order valence-corrected chi connectivity index (χ2v) is 4.44. The maximum atomic E-state index is 11.6. The number of rotatable bonds is 7. The number of ether oxygens (including phenoxy) is 2. The minimum atomic E-state index is -0.690. The second kappa shape index (κ2) is 5.47. The fourth-order valence-corrected chi connectivity index (χ4v) is 1.24. The van der Waals surface area contributed by atoms with Gasteiger partial charge in [-0.05, 0) is 32.6 Å². The lowest BCUT2D eigenvalue weighted by Crippen LogP contribution is -2.41. The van der Waals surface area contributed by atoms with Gasteiger partial charge in [-0.1, -0.05) is 0 Å². The molecule has 15 heavy (non-hydrogen) atoms. The lowest BCUT2D eigenvalue weighted by atomic mass is 9.92. The SMILES string of the molecule is CCOC(=O)C(C)(CN)COCC1CC1. The molecule has 1 unspecified atom stereocenters. The molecule has 0 aromatic rings. The summed E-state index contributed by atoms with van der Waals surface area (Å²) in [6, 6.07) is 0. The molecule has 2 N–H and O–H groups in total. The van der Waals surface area contributed by atoms with Gasteiger partial charge in [0.05, 0.1) is 13.2 Å². The predicted molar refractivity (Wildman–Crippen MR) is 57.3 cm³/mol. The van der Waals surface area contributed by atoms with Crippen LogP contribution in [0, 0.1) is 11.3 Å². The molecule has 1 aliphatic rings. The molecule has 4 heteroatoms. The van der Waals surface area contributed by atoms with Gasteiger partial charge in [-0.25, -0.2) is 0 Å². The Hall–Kier alpha value is -0.610. The molecule has 88 valence electrons. The second-order valence-electron chi connectivity index (χ2n) is 4.44. The molecule has 0 spiro atoms. The van der Waals surface area contributed by atoms with E-state index in [1.165, 1.54) is 12.8 Å². The summed E-state index contributed by atoms with van der Waals surface area (Å²) in [6.45, 7) is 5.33. The average molecular weight is 215 g/mol. The highest BCUT2D eigenvalue weighted by Gasteiger charge is 2.34. The van der Waals surface area contributed by atoms with E-state index in [4.69, 9.17) is 15.2 Å². The monoisotopic (exact) mass is 215 g/mol. The van der Waals surface area contributed by atoms with Crippen molar-refractivity contribution in [2.75, 3.05) is 26.4 Å². The van der Waals surface area contributed by atoms with Crippen LogP contribution in [-0.2, 0) is 14.3 Å². The van der Waals surface area contributed by atoms with Crippen molar-refractivity contribution in [2.45, 2.75) is 26.7 Å². The molecule has 0 bridgehead atoms. The lowest BCUT2D eigenvalue weighted by molar-refractivity contribution is -0.157. The standard InChI is InChI=1S/C11H21NO3/c1-3-15-10(13)11(2,7-12)8-14-6-9-4-5-9/h9H,3-8,12H2,1-2H3. The van der Waals surface area contributed by atoms with Crippen molar-refractivity contribution in [1.82, 2.24) is 0 Å². The van der Waals surface area contributed by atoms with Gasteiger partial charge in [-0.15, -0.1) is 0 Å². The van der Waals surface area contributed by atoms with E-state index in [-0.39, 0.29) is 12.5 Å². The molecule has 1 fully saturated rings. The van der Waals surface area contributed by atoms with Gasteiger partial charge in [0.2, 0.25) is 0 Å². The van der Waals surface area contributed by atoms with Crippen LogP contribution in [0.15, 0.2) is 0 Å². The van der Waals surface area contributed by atoms with Crippen LogP contribution in [0.1, 0.15) is 26.7 Å². The van der Waals surface area contributed by atoms with Crippen LogP contribution in [-0.4, -0.2) is 32.3 Å². The minimum Gasteiger partial charge on any atom is -0.465 e. The van der Waals surface area contributed by atoms with E-state index in [2.05, 4.69) is 0 Å². The van der Waals surface area contributed by atoms with E-state index in [9.17, 15) is 4.79 Å². The van der Waals surface area contributed by atoms with E-state index in [1.54, 1.807) is 13.8 Å². The Balaban J connectivity index is 2.31. The Labute approximate surface area is 91.1 Å². The Morgan fingerprint density at radius 2 is 2.20 bits per heavy atom. The zero-order chi connectivity index (χ0) is 11.3. The third-order valence-corrected chi connectivity index (χ3v) is 2.69. The summed E-state index contributed by atoms with van der Waals surface area (Å²) in [6.07, 6.45) is 2.50. The third-order valence-electron chi connectivity index (χ3n) is 2.69. The Morgan fingerprint density at radius 1 is 1.53 bits per heavy atom. The van der Waals surface area contributed by atoms with Crippen molar-refractivity contribution in [3.63, 3.8) is 0 Å². The number of hydrogen-bond acceptors (Lipinski definition) is 4. The normalized spacial score (nSPS) is 19.7. The van der Waals surface area contributed by atoms with Gasteiger partial charge in [-0.3, -0.25) is 4.79 Å². The molecule has 0 aromatic heterocycles. The first-order valence-electron chi connectivity index (χ1n) is 5.57. The maximum absolute atomic E-state index is 11.6. The molecule has 0 heterocycles. The van der Waals surface area contributed by atoms with Crippen molar-refractivity contribution < 1.29 is 14.3 Å². The molecule has 1 aliphatic carbocycles. The van der Waals surface area contributed by atoms with Gasteiger partial charge in [0, 0.05) is 13.2 Å². The van der Waals surface area contributed by atoms with Crippen LogP contribution in [0.25, 0.3) is 0 Å². The number of hydrogen-bond donors (Lipinski definition) is 1. The smallest absolute Gasteiger partial charge is 0.315 e. The Bertz CT molecular complexity index is 216. The van der Waals surface area contributed by atoms with Crippen molar-refractivity contribution in [1.29, 1.82) is 0 Å². The summed E-state index contributed by atoms with van der Waals surface area (Å²) in [5, 5.41) is 0. The van der Waals surface area contributed by atoms with Crippen LogP contribution in [0.3, 0.4) is 0 Å². The molecule has 1 saturated carbocycles. The van der Waals surface area contributed by atoms with Crippen molar-refractivity contribution in [2.24, 2.45) is 17.1 Å².